The van der Waals surface area contributed by atoms with Gasteiger partial charge in [-0.2, -0.15) is 11.3 Å². The van der Waals surface area contributed by atoms with Gasteiger partial charge in [0.15, 0.2) is 0 Å². The van der Waals surface area contributed by atoms with Crippen LogP contribution in [0.5, 0.6) is 0 Å². The fourth-order valence-corrected chi connectivity index (χ4v) is 4.22. The van der Waals surface area contributed by atoms with Gasteiger partial charge in [-0.05, 0) is 47.6 Å². The molecule has 0 aromatic carbocycles. The first-order valence-electron chi connectivity index (χ1n) is 8.64. The molecule has 2 unspecified atom stereocenters. The summed E-state index contributed by atoms with van der Waals surface area (Å²) < 4.78 is 0. The molecule has 0 spiro atoms. The van der Waals surface area contributed by atoms with Crippen molar-refractivity contribution in [3.8, 4) is 0 Å². The van der Waals surface area contributed by atoms with Gasteiger partial charge in [0.2, 0.25) is 0 Å². The van der Waals surface area contributed by atoms with Crippen molar-refractivity contribution in [2.24, 2.45) is 5.92 Å². The van der Waals surface area contributed by atoms with Crippen LogP contribution in [-0.2, 0) is 6.42 Å². The lowest BCUT2D eigenvalue weighted by Crippen LogP contribution is -2.65. The summed E-state index contributed by atoms with van der Waals surface area (Å²) in [6.07, 6.45) is 4.92. The van der Waals surface area contributed by atoms with E-state index in [0.717, 1.165) is 12.5 Å². The summed E-state index contributed by atoms with van der Waals surface area (Å²) in [7, 11) is 0. The third kappa shape index (κ3) is 4.08. The first kappa shape index (κ1) is 17.0. The highest BCUT2D eigenvalue weighted by Crippen LogP contribution is 2.27. The molecule has 0 aliphatic carbocycles. The Kier molecular flexibility index (Phi) is 6.27. The number of thiophene rings is 1. The number of hydrogen-bond donors (Lipinski definition) is 1. The van der Waals surface area contributed by atoms with Gasteiger partial charge >= 0.3 is 0 Å². The van der Waals surface area contributed by atoms with Crippen molar-refractivity contribution in [1.82, 2.24) is 10.2 Å². The molecule has 2 atom stereocenters. The molecule has 2 rings (SSSR count). The Hall–Kier alpha value is -0.380. The van der Waals surface area contributed by atoms with Crippen LogP contribution in [0.15, 0.2) is 16.8 Å². The Morgan fingerprint density at radius 1 is 1.38 bits per heavy atom. The van der Waals surface area contributed by atoms with Gasteiger partial charge in [0.25, 0.3) is 0 Å². The van der Waals surface area contributed by atoms with E-state index in [4.69, 9.17) is 0 Å². The van der Waals surface area contributed by atoms with E-state index in [1.54, 1.807) is 0 Å². The Bertz CT molecular complexity index is 397. The lowest BCUT2D eigenvalue weighted by Gasteiger charge is -2.49. The minimum atomic E-state index is 0.332. The third-order valence-corrected chi connectivity index (χ3v) is 6.32. The van der Waals surface area contributed by atoms with Crippen molar-refractivity contribution in [2.75, 3.05) is 19.6 Å². The smallest absolute Gasteiger partial charge is 0.0304 e. The second kappa shape index (κ2) is 7.75. The Balaban J connectivity index is 2.04. The molecule has 1 aromatic rings. The summed E-state index contributed by atoms with van der Waals surface area (Å²) in [6.45, 7) is 13.0. The largest absolute Gasteiger partial charge is 0.308 e. The fourth-order valence-electron chi connectivity index (χ4n) is 3.52. The zero-order chi connectivity index (χ0) is 15.3. The second-order valence-corrected chi connectivity index (χ2v) is 7.45. The van der Waals surface area contributed by atoms with E-state index in [9.17, 15) is 0 Å². The van der Waals surface area contributed by atoms with Crippen LogP contribution in [0.2, 0.25) is 0 Å². The van der Waals surface area contributed by atoms with Gasteiger partial charge in [0, 0.05) is 31.2 Å². The maximum absolute atomic E-state index is 3.88. The highest BCUT2D eigenvalue weighted by Gasteiger charge is 2.37. The van der Waals surface area contributed by atoms with Crippen LogP contribution in [0.1, 0.15) is 52.5 Å². The second-order valence-electron chi connectivity index (χ2n) is 6.67. The zero-order valence-electron chi connectivity index (χ0n) is 14.2. The van der Waals surface area contributed by atoms with Gasteiger partial charge in [-0.15, -0.1) is 0 Å². The van der Waals surface area contributed by atoms with Gasteiger partial charge in [-0.3, -0.25) is 4.90 Å². The maximum Gasteiger partial charge on any atom is 0.0304 e. The average molecular weight is 309 g/mol. The Morgan fingerprint density at radius 2 is 2.14 bits per heavy atom. The van der Waals surface area contributed by atoms with Crippen LogP contribution in [0, 0.1) is 5.92 Å². The van der Waals surface area contributed by atoms with E-state index in [0.29, 0.717) is 11.6 Å². The van der Waals surface area contributed by atoms with E-state index in [1.807, 2.05) is 11.3 Å². The monoisotopic (exact) mass is 308 g/mol. The molecule has 21 heavy (non-hydrogen) atoms. The van der Waals surface area contributed by atoms with Gasteiger partial charge < -0.3 is 5.32 Å². The number of nitrogens with one attached hydrogen (secondary N) is 1. The van der Waals surface area contributed by atoms with Crippen molar-refractivity contribution >= 4 is 11.3 Å². The van der Waals surface area contributed by atoms with E-state index in [-0.39, 0.29) is 0 Å². The minimum absolute atomic E-state index is 0.332. The molecule has 0 bridgehead atoms. The molecule has 1 saturated heterocycles. The van der Waals surface area contributed by atoms with Gasteiger partial charge in [0.1, 0.15) is 0 Å². The highest BCUT2D eigenvalue weighted by molar-refractivity contribution is 7.07. The van der Waals surface area contributed by atoms with Crippen LogP contribution in [0.4, 0.5) is 0 Å². The average Bonchev–Trinajstić information content (AvgIpc) is 3.05. The molecule has 1 aliphatic rings. The van der Waals surface area contributed by atoms with E-state index in [1.165, 1.54) is 44.3 Å². The molecule has 2 heterocycles. The van der Waals surface area contributed by atoms with Gasteiger partial charge in [-0.1, -0.05) is 34.1 Å². The van der Waals surface area contributed by atoms with Gasteiger partial charge in [0.05, 0.1) is 0 Å². The van der Waals surface area contributed by atoms with Crippen LogP contribution < -0.4 is 5.32 Å². The number of hydrogen-bond acceptors (Lipinski definition) is 3. The quantitative estimate of drug-likeness (QED) is 0.813. The van der Waals surface area contributed by atoms with Crippen molar-refractivity contribution in [2.45, 2.75) is 65.0 Å². The van der Waals surface area contributed by atoms with E-state index < -0.39 is 0 Å². The molecule has 0 saturated carbocycles. The van der Waals surface area contributed by atoms with Gasteiger partial charge in [-0.25, -0.2) is 0 Å². The molecule has 2 nitrogen and oxygen atoms in total. The number of rotatable bonds is 7. The predicted octanol–water partition coefficient (Wildman–Crippen LogP) is 4.17. The Labute approximate surface area is 134 Å². The molecule has 1 fully saturated rings. The normalized spacial score (nSPS) is 24.1. The van der Waals surface area contributed by atoms with Crippen LogP contribution >= 0.6 is 11.3 Å². The van der Waals surface area contributed by atoms with Crippen LogP contribution in [-0.4, -0.2) is 36.1 Å². The SMILES string of the molecule is CCC(C)C1CNC(CC)(CC)CN1CCc1ccsc1. The summed E-state index contributed by atoms with van der Waals surface area (Å²) in [6, 6.07) is 2.97. The molecule has 1 aromatic heterocycles. The zero-order valence-corrected chi connectivity index (χ0v) is 15.0. The van der Waals surface area contributed by atoms with Crippen molar-refractivity contribution in [1.29, 1.82) is 0 Å². The van der Waals surface area contributed by atoms with E-state index in [2.05, 4.69) is 54.7 Å². The standard InChI is InChI=1S/C18H32N2S/c1-5-15(4)17-12-19-18(6-2,7-3)14-20(17)10-8-16-9-11-21-13-16/h9,11,13,15,17,19H,5-8,10,12,14H2,1-4H3. The topological polar surface area (TPSA) is 15.3 Å². The van der Waals surface area contributed by atoms with Crippen molar-refractivity contribution < 1.29 is 0 Å². The summed E-state index contributed by atoms with van der Waals surface area (Å²) in [4.78, 5) is 2.77. The lowest BCUT2D eigenvalue weighted by molar-refractivity contribution is 0.0465. The molecular weight excluding hydrogens is 276 g/mol. The van der Waals surface area contributed by atoms with E-state index >= 15 is 0 Å². The highest BCUT2D eigenvalue weighted by atomic mass is 32.1. The number of piperazine rings is 1. The molecule has 3 heteroatoms. The van der Waals surface area contributed by atoms with Crippen molar-refractivity contribution in [3.63, 3.8) is 0 Å². The van der Waals surface area contributed by atoms with Crippen LogP contribution in [0.3, 0.4) is 0 Å². The maximum atomic E-state index is 3.88. The summed E-state index contributed by atoms with van der Waals surface area (Å²) in [5.74, 6) is 0.770. The minimum Gasteiger partial charge on any atom is -0.308 e. The third-order valence-electron chi connectivity index (χ3n) is 5.58. The van der Waals surface area contributed by atoms with Crippen LogP contribution in [0.25, 0.3) is 0 Å². The lowest BCUT2D eigenvalue weighted by atomic mass is 9.85. The summed E-state index contributed by atoms with van der Waals surface area (Å²) >= 11 is 1.82. The fraction of sp³-hybridized carbons (Fsp3) is 0.778. The Morgan fingerprint density at radius 3 is 2.71 bits per heavy atom. The molecular formula is C18H32N2S. The number of nitrogens with zero attached hydrogens (tertiary/aromatic N) is 1. The first-order valence-corrected chi connectivity index (χ1v) is 9.58. The predicted molar refractivity (Wildman–Crippen MR) is 94.2 cm³/mol. The summed E-state index contributed by atoms with van der Waals surface area (Å²) in [5.41, 5.74) is 1.83. The molecule has 1 aliphatic heterocycles. The first-order chi connectivity index (χ1) is 10.1. The molecule has 0 radical (unpaired) electrons. The van der Waals surface area contributed by atoms with Crippen molar-refractivity contribution in [3.05, 3.63) is 22.4 Å². The summed E-state index contributed by atoms with van der Waals surface area (Å²) in [5, 5.41) is 8.38. The molecule has 0 amide bonds. The molecule has 120 valence electrons. The molecule has 1 N–H and O–H groups in total.